The lowest BCUT2D eigenvalue weighted by Gasteiger charge is -2.08. The lowest BCUT2D eigenvalue weighted by Crippen LogP contribution is -2.14. The van der Waals surface area contributed by atoms with E-state index >= 15 is 0 Å². The number of ether oxygens (including phenoxy) is 2. The van der Waals surface area contributed by atoms with Crippen LogP contribution in [0.3, 0.4) is 0 Å². The first-order chi connectivity index (χ1) is 14.9. The Morgan fingerprint density at radius 2 is 1.97 bits per heavy atom. The van der Waals surface area contributed by atoms with Crippen LogP contribution in [0, 0.1) is 15.9 Å². The summed E-state index contributed by atoms with van der Waals surface area (Å²) in [4.78, 5) is 26.8. The van der Waals surface area contributed by atoms with E-state index in [0.717, 1.165) is 0 Å². The van der Waals surface area contributed by atoms with Gasteiger partial charge in [0, 0.05) is 17.9 Å². The van der Waals surface area contributed by atoms with Gasteiger partial charge < -0.3 is 14.8 Å². The summed E-state index contributed by atoms with van der Waals surface area (Å²) in [7, 11) is 1.37. The van der Waals surface area contributed by atoms with Gasteiger partial charge in [0.05, 0.1) is 29.7 Å². The largest absolute Gasteiger partial charge is 0.490 e. The second-order valence-electron chi connectivity index (χ2n) is 6.25. The second-order valence-corrected chi connectivity index (χ2v) is 7.23. The van der Waals surface area contributed by atoms with Crippen LogP contribution in [-0.4, -0.2) is 28.7 Å². The molecule has 2 aromatic carbocycles. The molecule has 0 aliphatic carbocycles. The lowest BCUT2D eigenvalue weighted by molar-refractivity contribution is -0.385. The van der Waals surface area contributed by atoms with Gasteiger partial charge in [-0.1, -0.05) is 6.07 Å². The number of carbonyl (C=O) groups excluding carboxylic acids is 1. The fourth-order valence-corrected chi connectivity index (χ4v) is 3.34. The Labute approximate surface area is 181 Å². The van der Waals surface area contributed by atoms with Crippen molar-refractivity contribution in [2.45, 2.75) is 5.75 Å². The van der Waals surface area contributed by atoms with Gasteiger partial charge in [-0.3, -0.25) is 14.9 Å². The topological polar surface area (TPSA) is 104 Å². The number of aromatic nitrogens is 1. The number of nitro benzene ring substituents is 1. The van der Waals surface area contributed by atoms with Gasteiger partial charge in [-0.25, -0.2) is 9.37 Å². The minimum atomic E-state index is -0.504. The van der Waals surface area contributed by atoms with E-state index < -0.39 is 4.92 Å². The Morgan fingerprint density at radius 3 is 2.61 bits per heavy atom. The molecule has 0 saturated carbocycles. The zero-order valence-corrected chi connectivity index (χ0v) is 17.2. The second kappa shape index (κ2) is 10.4. The predicted molar refractivity (Wildman–Crippen MR) is 115 cm³/mol. The van der Waals surface area contributed by atoms with Crippen LogP contribution < -0.4 is 14.8 Å². The number of methoxy groups -OCH3 is 1. The van der Waals surface area contributed by atoms with Crippen molar-refractivity contribution in [1.82, 2.24) is 4.98 Å². The Hall–Kier alpha value is -3.66. The van der Waals surface area contributed by atoms with E-state index in [0.29, 0.717) is 28.6 Å². The Morgan fingerprint density at radius 1 is 1.19 bits per heavy atom. The number of anilines is 1. The molecule has 0 fully saturated rings. The predicted octanol–water partition coefficient (Wildman–Crippen LogP) is 4.80. The SMILES string of the molecule is COc1ccc(CSCC(=O)Nc2ccc(Oc3ccc(F)cc3)nc2)cc1[N+](=O)[O-]. The van der Waals surface area contributed by atoms with Crippen molar-refractivity contribution < 1.29 is 23.6 Å². The third kappa shape index (κ3) is 6.41. The summed E-state index contributed by atoms with van der Waals surface area (Å²) in [5.41, 5.74) is 1.10. The average Bonchev–Trinajstić information content (AvgIpc) is 2.76. The third-order valence-electron chi connectivity index (χ3n) is 4.00. The molecule has 0 saturated heterocycles. The first kappa shape index (κ1) is 22.0. The fourth-order valence-electron chi connectivity index (χ4n) is 2.56. The molecule has 0 unspecified atom stereocenters. The number of halogens is 1. The molecule has 1 aromatic heterocycles. The molecular formula is C21H18FN3O5S. The van der Waals surface area contributed by atoms with Crippen molar-refractivity contribution in [3.63, 3.8) is 0 Å². The number of amides is 1. The molecule has 3 aromatic rings. The van der Waals surface area contributed by atoms with Crippen molar-refractivity contribution in [1.29, 1.82) is 0 Å². The maximum Gasteiger partial charge on any atom is 0.311 e. The highest BCUT2D eigenvalue weighted by Gasteiger charge is 2.15. The molecule has 0 bridgehead atoms. The van der Waals surface area contributed by atoms with Gasteiger partial charge in [-0.15, -0.1) is 11.8 Å². The van der Waals surface area contributed by atoms with Crippen LogP contribution in [-0.2, 0) is 10.5 Å². The number of hydrogen-bond donors (Lipinski definition) is 1. The van der Waals surface area contributed by atoms with Gasteiger partial charge in [0.2, 0.25) is 11.8 Å². The fraction of sp³-hybridized carbons (Fsp3) is 0.143. The molecule has 3 rings (SSSR count). The van der Waals surface area contributed by atoms with Crippen LogP contribution in [0.15, 0.2) is 60.8 Å². The van der Waals surface area contributed by atoms with Gasteiger partial charge in [-0.05, 0) is 42.0 Å². The smallest absolute Gasteiger partial charge is 0.311 e. The van der Waals surface area contributed by atoms with E-state index in [1.165, 1.54) is 61.5 Å². The molecule has 1 N–H and O–H groups in total. The molecule has 8 nitrogen and oxygen atoms in total. The summed E-state index contributed by atoms with van der Waals surface area (Å²) in [6.07, 6.45) is 1.45. The first-order valence-electron chi connectivity index (χ1n) is 9.03. The maximum atomic E-state index is 12.9. The summed E-state index contributed by atoms with van der Waals surface area (Å²) >= 11 is 1.32. The Balaban J connectivity index is 1.48. The molecule has 0 radical (unpaired) electrons. The highest BCUT2D eigenvalue weighted by atomic mass is 32.2. The van der Waals surface area contributed by atoms with Crippen LogP contribution in [0.5, 0.6) is 17.4 Å². The Bertz CT molecular complexity index is 1060. The number of nitro groups is 1. The van der Waals surface area contributed by atoms with E-state index in [2.05, 4.69) is 10.3 Å². The van der Waals surface area contributed by atoms with Gasteiger partial charge >= 0.3 is 5.69 Å². The minimum absolute atomic E-state index is 0.112. The number of nitrogens with one attached hydrogen (secondary N) is 1. The number of rotatable bonds is 9. The number of nitrogens with zero attached hydrogens (tertiary/aromatic N) is 2. The lowest BCUT2D eigenvalue weighted by atomic mass is 10.2. The summed E-state index contributed by atoms with van der Waals surface area (Å²) in [6.45, 7) is 0. The van der Waals surface area contributed by atoms with E-state index in [9.17, 15) is 19.3 Å². The normalized spacial score (nSPS) is 10.4. The van der Waals surface area contributed by atoms with E-state index in [-0.39, 0.29) is 28.9 Å². The molecule has 10 heteroatoms. The van der Waals surface area contributed by atoms with Crippen molar-refractivity contribution >= 4 is 29.0 Å². The van der Waals surface area contributed by atoms with Gasteiger partial charge in [0.15, 0.2) is 5.75 Å². The maximum absolute atomic E-state index is 12.9. The van der Waals surface area contributed by atoms with Crippen molar-refractivity contribution in [2.75, 3.05) is 18.2 Å². The highest BCUT2D eigenvalue weighted by molar-refractivity contribution is 7.99. The molecule has 0 aliphatic heterocycles. The van der Waals surface area contributed by atoms with Crippen LogP contribution in [0.2, 0.25) is 0 Å². The van der Waals surface area contributed by atoms with Crippen molar-refractivity contribution in [3.8, 4) is 17.4 Å². The van der Waals surface area contributed by atoms with Crippen molar-refractivity contribution in [3.05, 3.63) is 82.3 Å². The molecule has 31 heavy (non-hydrogen) atoms. The zero-order chi connectivity index (χ0) is 22.2. The van der Waals surface area contributed by atoms with Crippen LogP contribution >= 0.6 is 11.8 Å². The number of carbonyl (C=O) groups is 1. The first-order valence-corrected chi connectivity index (χ1v) is 10.2. The Kier molecular flexibility index (Phi) is 7.39. The monoisotopic (exact) mass is 443 g/mol. The van der Waals surface area contributed by atoms with Crippen LogP contribution in [0.1, 0.15) is 5.56 Å². The number of benzene rings is 2. The minimum Gasteiger partial charge on any atom is -0.490 e. The summed E-state index contributed by atoms with van der Waals surface area (Å²) in [5.74, 6) is 0.939. The summed E-state index contributed by atoms with van der Waals surface area (Å²) in [5, 5.41) is 13.8. The van der Waals surface area contributed by atoms with E-state index in [1.807, 2.05) is 0 Å². The molecule has 160 valence electrons. The molecule has 1 amide bonds. The van der Waals surface area contributed by atoms with Gasteiger partial charge in [0.25, 0.3) is 0 Å². The van der Waals surface area contributed by atoms with E-state index in [1.54, 1.807) is 18.2 Å². The quantitative estimate of drug-likeness (QED) is 0.374. The number of hydrogen-bond acceptors (Lipinski definition) is 7. The number of pyridine rings is 1. The van der Waals surface area contributed by atoms with Crippen LogP contribution in [0.25, 0.3) is 0 Å². The summed E-state index contributed by atoms with van der Waals surface area (Å²) < 4.78 is 23.4. The van der Waals surface area contributed by atoms with Gasteiger partial charge in [-0.2, -0.15) is 0 Å². The molecule has 0 atom stereocenters. The van der Waals surface area contributed by atoms with Crippen molar-refractivity contribution in [2.24, 2.45) is 0 Å². The molecular weight excluding hydrogens is 425 g/mol. The zero-order valence-electron chi connectivity index (χ0n) is 16.4. The van der Waals surface area contributed by atoms with Gasteiger partial charge in [0.1, 0.15) is 11.6 Å². The average molecular weight is 443 g/mol. The summed E-state index contributed by atoms with van der Waals surface area (Å²) in [6, 6.07) is 13.5. The standard InChI is InChI=1S/C21H18FN3O5S/c1-29-19-8-2-14(10-18(19)25(27)28)12-31-13-20(26)24-16-5-9-21(23-11-16)30-17-6-3-15(22)4-7-17/h2-11H,12-13H2,1H3,(H,24,26). The molecule has 0 aliphatic rings. The number of thioether (sulfide) groups is 1. The van der Waals surface area contributed by atoms with Crippen LogP contribution in [0.4, 0.5) is 15.8 Å². The van der Waals surface area contributed by atoms with E-state index in [4.69, 9.17) is 9.47 Å². The highest BCUT2D eigenvalue weighted by Crippen LogP contribution is 2.29. The third-order valence-corrected chi connectivity index (χ3v) is 5.00. The molecule has 0 spiro atoms. The molecule has 1 heterocycles.